The Hall–Kier alpha value is -0.890. The SMILES string of the molecule is CCCC1CCC(C(N)Cc2ccc(F)cc2C)CC1. The first-order chi connectivity index (χ1) is 9.60. The van der Waals surface area contributed by atoms with Crippen molar-refractivity contribution < 1.29 is 4.39 Å². The number of nitrogens with two attached hydrogens (primary N) is 1. The molecule has 0 saturated heterocycles. The molecule has 2 N–H and O–H groups in total. The Kier molecular flexibility index (Phi) is 5.59. The molecule has 0 spiro atoms. The lowest BCUT2D eigenvalue weighted by Crippen LogP contribution is -2.35. The highest BCUT2D eigenvalue weighted by molar-refractivity contribution is 5.27. The van der Waals surface area contributed by atoms with E-state index in [1.165, 1.54) is 44.1 Å². The van der Waals surface area contributed by atoms with Crippen molar-refractivity contribution >= 4 is 0 Å². The Morgan fingerprint density at radius 3 is 2.55 bits per heavy atom. The van der Waals surface area contributed by atoms with Gasteiger partial charge in [0.25, 0.3) is 0 Å². The van der Waals surface area contributed by atoms with Crippen molar-refractivity contribution in [2.45, 2.75) is 64.8 Å². The van der Waals surface area contributed by atoms with Gasteiger partial charge in [-0.05, 0) is 61.3 Å². The summed E-state index contributed by atoms with van der Waals surface area (Å²) in [5, 5.41) is 0. The molecule has 1 aliphatic carbocycles. The van der Waals surface area contributed by atoms with E-state index in [4.69, 9.17) is 5.73 Å². The topological polar surface area (TPSA) is 26.0 Å². The molecule has 0 aliphatic heterocycles. The van der Waals surface area contributed by atoms with Crippen molar-refractivity contribution in [2.24, 2.45) is 17.6 Å². The van der Waals surface area contributed by atoms with Gasteiger partial charge < -0.3 is 5.73 Å². The predicted octanol–water partition coefficient (Wildman–Crippen LogP) is 4.61. The van der Waals surface area contributed by atoms with Crippen LogP contribution in [0.25, 0.3) is 0 Å². The number of benzene rings is 1. The van der Waals surface area contributed by atoms with Crippen LogP contribution in [0.1, 0.15) is 56.6 Å². The van der Waals surface area contributed by atoms with E-state index in [9.17, 15) is 4.39 Å². The fourth-order valence-corrected chi connectivity index (χ4v) is 3.62. The first-order valence-electron chi connectivity index (χ1n) is 8.10. The molecule has 1 aromatic carbocycles. The zero-order chi connectivity index (χ0) is 14.5. The first kappa shape index (κ1) is 15.5. The fourth-order valence-electron chi connectivity index (χ4n) is 3.62. The highest BCUT2D eigenvalue weighted by Gasteiger charge is 2.25. The van der Waals surface area contributed by atoms with Crippen LogP contribution in [0.15, 0.2) is 18.2 Å². The maximum Gasteiger partial charge on any atom is 0.123 e. The van der Waals surface area contributed by atoms with Crippen molar-refractivity contribution in [1.82, 2.24) is 0 Å². The Morgan fingerprint density at radius 2 is 1.95 bits per heavy atom. The zero-order valence-electron chi connectivity index (χ0n) is 12.9. The molecule has 1 saturated carbocycles. The van der Waals surface area contributed by atoms with Crippen molar-refractivity contribution in [2.75, 3.05) is 0 Å². The first-order valence-corrected chi connectivity index (χ1v) is 8.10. The van der Waals surface area contributed by atoms with E-state index in [0.29, 0.717) is 5.92 Å². The fraction of sp³-hybridized carbons (Fsp3) is 0.667. The molecule has 0 aromatic heterocycles. The van der Waals surface area contributed by atoms with Crippen LogP contribution in [0.2, 0.25) is 0 Å². The highest BCUT2D eigenvalue weighted by Crippen LogP contribution is 2.33. The zero-order valence-corrected chi connectivity index (χ0v) is 12.9. The molecule has 0 heterocycles. The van der Waals surface area contributed by atoms with Gasteiger partial charge in [0.2, 0.25) is 0 Å². The van der Waals surface area contributed by atoms with Gasteiger partial charge in [0.1, 0.15) is 5.82 Å². The number of halogens is 1. The maximum absolute atomic E-state index is 13.1. The number of rotatable bonds is 5. The lowest BCUT2D eigenvalue weighted by Gasteiger charge is -2.32. The van der Waals surface area contributed by atoms with Gasteiger partial charge in [-0.3, -0.25) is 0 Å². The summed E-state index contributed by atoms with van der Waals surface area (Å²) in [7, 11) is 0. The van der Waals surface area contributed by atoms with Crippen molar-refractivity contribution in [3.63, 3.8) is 0 Å². The minimum Gasteiger partial charge on any atom is -0.327 e. The molecule has 1 aromatic rings. The molecule has 0 radical (unpaired) electrons. The molecule has 0 amide bonds. The molecule has 2 rings (SSSR count). The van der Waals surface area contributed by atoms with Crippen LogP contribution in [0.4, 0.5) is 4.39 Å². The second-order valence-corrected chi connectivity index (χ2v) is 6.51. The Morgan fingerprint density at radius 1 is 1.25 bits per heavy atom. The van der Waals surface area contributed by atoms with E-state index < -0.39 is 0 Å². The summed E-state index contributed by atoms with van der Waals surface area (Å²) in [5.41, 5.74) is 8.64. The Balaban J connectivity index is 1.87. The van der Waals surface area contributed by atoms with Crippen LogP contribution < -0.4 is 5.73 Å². The minimum atomic E-state index is -0.153. The van der Waals surface area contributed by atoms with Gasteiger partial charge >= 0.3 is 0 Å². The van der Waals surface area contributed by atoms with Gasteiger partial charge in [0.05, 0.1) is 0 Å². The third kappa shape index (κ3) is 4.05. The van der Waals surface area contributed by atoms with Crippen LogP contribution in [0.3, 0.4) is 0 Å². The molecule has 1 fully saturated rings. The summed E-state index contributed by atoms with van der Waals surface area (Å²) in [6, 6.07) is 5.28. The Labute approximate surface area is 122 Å². The normalized spacial score (nSPS) is 24.6. The summed E-state index contributed by atoms with van der Waals surface area (Å²) < 4.78 is 13.1. The molecule has 2 heteroatoms. The minimum absolute atomic E-state index is 0.153. The monoisotopic (exact) mass is 277 g/mol. The molecular weight excluding hydrogens is 249 g/mol. The van der Waals surface area contributed by atoms with Gasteiger partial charge in [-0.1, -0.05) is 38.7 Å². The average Bonchev–Trinajstić information content (AvgIpc) is 2.43. The smallest absolute Gasteiger partial charge is 0.123 e. The maximum atomic E-state index is 13.1. The largest absolute Gasteiger partial charge is 0.327 e. The summed E-state index contributed by atoms with van der Waals surface area (Å²) >= 11 is 0. The molecule has 1 aliphatic rings. The van der Waals surface area contributed by atoms with Crippen LogP contribution >= 0.6 is 0 Å². The standard InChI is InChI=1S/C18H28FN/c1-3-4-14-5-7-15(8-6-14)18(20)12-16-9-10-17(19)11-13(16)2/h9-11,14-15,18H,3-8,12,20H2,1-2H3. The molecule has 112 valence electrons. The Bertz CT molecular complexity index is 421. The summed E-state index contributed by atoms with van der Waals surface area (Å²) in [6.07, 6.45) is 8.78. The van der Waals surface area contributed by atoms with Gasteiger partial charge in [0.15, 0.2) is 0 Å². The molecular formula is C18H28FN. The summed E-state index contributed by atoms with van der Waals surface area (Å²) in [5.74, 6) is 1.42. The molecule has 20 heavy (non-hydrogen) atoms. The van der Waals surface area contributed by atoms with Crippen LogP contribution in [-0.4, -0.2) is 6.04 Å². The van der Waals surface area contributed by atoms with Gasteiger partial charge in [-0.15, -0.1) is 0 Å². The van der Waals surface area contributed by atoms with Crippen LogP contribution in [0.5, 0.6) is 0 Å². The molecule has 0 bridgehead atoms. The second kappa shape index (κ2) is 7.21. The number of hydrogen-bond acceptors (Lipinski definition) is 1. The van der Waals surface area contributed by atoms with Gasteiger partial charge in [-0.25, -0.2) is 4.39 Å². The van der Waals surface area contributed by atoms with E-state index in [2.05, 4.69) is 6.92 Å². The third-order valence-electron chi connectivity index (χ3n) is 4.95. The highest BCUT2D eigenvalue weighted by atomic mass is 19.1. The average molecular weight is 277 g/mol. The van der Waals surface area contributed by atoms with Crippen molar-refractivity contribution in [1.29, 1.82) is 0 Å². The third-order valence-corrected chi connectivity index (χ3v) is 4.95. The van der Waals surface area contributed by atoms with Gasteiger partial charge in [0, 0.05) is 6.04 Å². The van der Waals surface area contributed by atoms with Crippen LogP contribution in [0, 0.1) is 24.6 Å². The summed E-state index contributed by atoms with van der Waals surface area (Å²) in [6.45, 7) is 4.25. The van der Waals surface area contributed by atoms with Crippen molar-refractivity contribution in [3.05, 3.63) is 35.1 Å². The van der Waals surface area contributed by atoms with E-state index in [1.807, 2.05) is 13.0 Å². The predicted molar refractivity (Wildman–Crippen MR) is 83.2 cm³/mol. The molecule has 1 unspecified atom stereocenters. The van der Waals surface area contributed by atoms with E-state index in [0.717, 1.165) is 17.9 Å². The number of aryl methyl sites for hydroxylation is 1. The molecule has 1 nitrogen and oxygen atoms in total. The number of hydrogen-bond donors (Lipinski definition) is 1. The lowest BCUT2D eigenvalue weighted by atomic mass is 9.76. The van der Waals surface area contributed by atoms with E-state index in [-0.39, 0.29) is 11.9 Å². The molecule has 1 atom stereocenters. The van der Waals surface area contributed by atoms with Gasteiger partial charge in [-0.2, -0.15) is 0 Å². The van der Waals surface area contributed by atoms with E-state index >= 15 is 0 Å². The van der Waals surface area contributed by atoms with Crippen LogP contribution in [-0.2, 0) is 6.42 Å². The van der Waals surface area contributed by atoms with Crippen molar-refractivity contribution in [3.8, 4) is 0 Å². The summed E-state index contributed by atoms with van der Waals surface area (Å²) in [4.78, 5) is 0. The van der Waals surface area contributed by atoms with E-state index in [1.54, 1.807) is 12.1 Å². The second-order valence-electron chi connectivity index (χ2n) is 6.51. The quantitative estimate of drug-likeness (QED) is 0.835. The lowest BCUT2D eigenvalue weighted by molar-refractivity contribution is 0.232.